The number of hydrogen-bond acceptors (Lipinski definition) is 4. The molecule has 37 heavy (non-hydrogen) atoms. The second-order valence-electron chi connectivity index (χ2n) is 9.05. The van der Waals surface area contributed by atoms with E-state index in [0.717, 1.165) is 23.1 Å². The number of hydrogen-bond donors (Lipinski definition) is 2. The van der Waals surface area contributed by atoms with Crippen molar-refractivity contribution in [3.05, 3.63) is 113 Å². The highest BCUT2D eigenvalue weighted by Crippen LogP contribution is 2.36. The van der Waals surface area contributed by atoms with Crippen molar-refractivity contribution in [2.24, 2.45) is 0 Å². The molecule has 3 aromatic carbocycles. The summed E-state index contributed by atoms with van der Waals surface area (Å²) in [6.07, 6.45) is 5.74. The lowest BCUT2D eigenvalue weighted by Gasteiger charge is -2.24. The van der Waals surface area contributed by atoms with Gasteiger partial charge in [0, 0.05) is 35.6 Å². The fourth-order valence-corrected chi connectivity index (χ4v) is 6.21. The first-order valence-electron chi connectivity index (χ1n) is 12.1. The molecule has 1 atom stereocenters. The first-order valence-corrected chi connectivity index (χ1v) is 14.0. The smallest absolute Gasteiger partial charge is 0.241 e. The Labute approximate surface area is 221 Å². The van der Waals surface area contributed by atoms with Crippen LogP contribution >= 0.6 is 11.6 Å². The van der Waals surface area contributed by atoms with Gasteiger partial charge >= 0.3 is 0 Å². The summed E-state index contributed by atoms with van der Waals surface area (Å²) in [5, 5.41) is 0.361. The Morgan fingerprint density at radius 3 is 2.68 bits per heavy atom. The third kappa shape index (κ3) is 5.93. The van der Waals surface area contributed by atoms with Crippen molar-refractivity contribution in [1.82, 2.24) is 14.7 Å². The number of imidazole rings is 1. The number of rotatable bonds is 9. The lowest BCUT2D eigenvalue weighted by atomic mass is 10.1. The van der Waals surface area contributed by atoms with Crippen LogP contribution in [-0.4, -0.2) is 24.3 Å². The van der Waals surface area contributed by atoms with Gasteiger partial charge in [-0.25, -0.2) is 18.1 Å². The van der Waals surface area contributed by atoms with Gasteiger partial charge in [-0.05, 0) is 66.3 Å². The number of halogens is 1. The molecule has 0 fully saturated rings. The number of H-pyrrole nitrogens is 1. The van der Waals surface area contributed by atoms with E-state index < -0.39 is 16.1 Å². The monoisotopic (exact) mass is 534 g/mol. The third-order valence-corrected chi connectivity index (χ3v) is 8.26. The summed E-state index contributed by atoms with van der Waals surface area (Å²) in [7, 11) is -3.77. The van der Waals surface area contributed by atoms with Crippen molar-refractivity contribution in [3.8, 4) is 0 Å². The van der Waals surface area contributed by atoms with E-state index in [1.165, 1.54) is 12.1 Å². The SMILES string of the molecule is O=C(CCc1ccccc1)N(Cc1ncc[nH]1)c1ccc2c(c1)C(NS(=O)(=O)c1cccc(Cl)c1)CC2. The van der Waals surface area contributed by atoms with Crippen molar-refractivity contribution in [3.63, 3.8) is 0 Å². The van der Waals surface area contributed by atoms with Crippen molar-refractivity contribution in [2.45, 2.75) is 43.2 Å². The van der Waals surface area contributed by atoms with Gasteiger partial charge in [-0.2, -0.15) is 0 Å². The minimum atomic E-state index is -3.77. The molecule has 0 spiro atoms. The zero-order chi connectivity index (χ0) is 25.8. The molecule has 5 rings (SSSR count). The van der Waals surface area contributed by atoms with Gasteiger partial charge in [0.25, 0.3) is 0 Å². The predicted octanol–water partition coefficient (Wildman–Crippen LogP) is 5.19. The Hall–Kier alpha value is -3.46. The second kappa shape index (κ2) is 10.9. The molecule has 0 saturated heterocycles. The normalized spacial score (nSPS) is 14.9. The third-order valence-electron chi connectivity index (χ3n) is 6.56. The van der Waals surface area contributed by atoms with Crippen LogP contribution in [0.4, 0.5) is 5.69 Å². The number of sulfonamides is 1. The lowest BCUT2D eigenvalue weighted by molar-refractivity contribution is -0.118. The summed E-state index contributed by atoms with van der Waals surface area (Å²) in [6, 6.07) is 21.6. The van der Waals surface area contributed by atoms with E-state index in [0.29, 0.717) is 35.8 Å². The topological polar surface area (TPSA) is 95.2 Å². The van der Waals surface area contributed by atoms with Gasteiger partial charge in [0.15, 0.2) is 0 Å². The van der Waals surface area contributed by atoms with E-state index in [2.05, 4.69) is 14.7 Å². The minimum absolute atomic E-state index is 0.0331. The number of anilines is 1. The number of aromatic amines is 1. The number of benzene rings is 3. The molecular weight excluding hydrogens is 508 g/mol. The Kier molecular flexibility index (Phi) is 7.41. The van der Waals surface area contributed by atoms with Gasteiger partial charge in [-0.3, -0.25) is 4.79 Å². The molecule has 7 nitrogen and oxygen atoms in total. The van der Waals surface area contributed by atoms with Crippen LogP contribution in [0.2, 0.25) is 5.02 Å². The zero-order valence-corrected chi connectivity index (χ0v) is 21.7. The van der Waals surface area contributed by atoms with Gasteiger partial charge < -0.3 is 9.88 Å². The average Bonchev–Trinajstić information content (AvgIpc) is 3.56. The summed E-state index contributed by atoms with van der Waals surface area (Å²) >= 11 is 6.02. The Balaban J connectivity index is 1.40. The average molecular weight is 535 g/mol. The number of carbonyl (C=O) groups excluding carboxylic acids is 1. The van der Waals surface area contributed by atoms with Gasteiger partial charge in [0.1, 0.15) is 5.82 Å². The molecule has 1 heterocycles. The van der Waals surface area contributed by atoms with Crippen molar-refractivity contribution in [2.75, 3.05) is 4.90 Å². The number of carbonyl (C=O) groups is 1. The molecule has 1 unspecified atom stereocenters. The molecule has 1 amide bonds. The van der Waals surface area contributed by atoms with Crippen molar-refractivity contribution >= 4 is 33.2 Å². The Bertz CT molecular complexity index is 1490. The van der Waals surface area contributed by atoms with Crippen LogP contribution in [0, 0.1) is 0 Å². The zero-order valence-electron chi connectivity index (χ0n) is 20.1. The maximum atomic E-state index is 13.4. The molecule has 1 aliphatic rings. The molecule has 1 aromatic heterocycles. The number of nitrogens with one attached hydrogen (secondary N) is 2. The molecule has 9 heteroatoms. The van der Waals surface area contributed by atoms with E-state index in [9.17, 15) is 13.2 Å². The second-order valence-corrected chi connectivity index (χ2v) is 11.2. The maximum absolute atomic E-state index is 13.4. The lowest BCUT2D eigenvalue weighted by Crippen LogP contribution is -2.31. The predicted molar refractivity (Wildman–Crippen MR) is 144 cm³/mol. The highest BCUT2D eigenvalue weighted by molar-refractivity contribution is 7.89. The molecular formula is C28H27ClN4O3S. The molecule has 0 radical (unpaired) electrons. The largest absolute Gasteiger partial charge is 0.347 e. The van der Waals surface area contributed by atoms with Gasteiger partial charge in [-0.15, -0.1) is 0 Å². The fraction of sp³-hybridized carbons (Fsp3) is 0.214. The van der Waals surface area contributed by atoms with Crippen LogP contribution in [0.3, 0.4) is 0 Å². The molecule has 190 valence electrons. The van der Waals surface area contributed by atoms with E-state index in [-0.39, 0.29) is 17.3 Å². The van der Waals surface area contributed by atoms with Crippen LogP contribution < -0.4 is 9.62 Å². The first kappa shape index (κ1) is 25.2. The molecule has 2 N–H and O–H groups in total. The standard InChI is InChI=1S/C28H27ClN4O3S/c29-22-7-4-8-24(17-22)37(35,36)32-26-13-11-21-10-12-23(18-25(21)26)33(19-27-30-15-16-31-27)28(34)14-9-20-5-2-1-3-6-20/h1-8,10,12,15-18,26,32H,9,11,13-14,19H2,(H,30,31). The summed E-state index contributed by atoms with van der Waals surface area (Å²) in [5.41, 5.74) is 3.75. The van der Waals surface area contributed by atoms with Gasteiger partial charge in [-0.1, -0.05) is 54.1 Å². The minimum Gasteiger partial charge on any atom is -0.347 e. The van der Waals surface area contributed by atoms with E-state index >= 15 is 0 Å². The Morgan fingerprint density at radius 1 is 1.08 bits per heavy atom. The summed E-state index contributed by atoms with van der Waals surface area (Å²) in [6.45, 7) is 0.290. The first-order chi connectivity index (χ1) is 17.9. The van der Waals surface area contributed by atoms with Gasteiger partial charge in [0.2, 0.25) is 15.9 Å². The van der Waals surface area contributed by atoms with Gasteiger partial charge in [0.05, 0.1) is 11.4 Å². The highest BCUT2D eigenvalue weighted by atomic mass is 35.5. The molecule has 0 saturated carbocycles. The van der Waals surface area contributed by atoms with Crippen LogP contribution in [0.15, 0.2) is 90.1 Å². The van der Waals surface area contributed by atoms with Crippen LogP contribution in [0.1, 0.15) is 41.4 Å². The number of fused-ring (bicyclic) bond motifs is 1. The van der Waals surface area contributed by atoms with Crippen LogP contribution in [-0.2, 0) is 34.2 Å². The number of nitrogens with zero attached hydrogens (tertiary/aromatic N) is 2. The summed E-state index contributed by atoms with van der Waals surface area (Å²) < 4.78 is 29.0. The molecule has 0 aliphatic heterocycles. The van der Waals surface area contributed by atoms with Crippen molar-refractivity contribution < 1.29 is 13.2 Å². The maximum Gasteiger partial charge on any atom is 0.241 e. The van der Waals surface area contributed by atoms with E-state index in [1.54, 1.807) is 29.4 Å². The van der Waals surface area contributed by atoms with E-state index in [4.69, 9.17) is 11.6 Å². The fourth-order valence-electron chi connectivity index (χ4n) is 4.66. The number of aryl methyl sites for hydroxylation is 2. The number of amides is 1. The Morgan fingerprint density at radius 2 is 1.92 bits per heavy atom. The molecule has 4 aromatic rings. The van der Waals surface area contributed by atoms with E-state index in [1.807, 2.05) is 48.5 Å². The summed E-state index contributed by atoms with van der Waals surface area (Å²) in [4.78, 5) is 22.6. The van der Waals surface area contributed by atoms with Crippen molar-refractivity contribution in [1.29, 1.82) is 0 Å². The quantitative estimate of drug-likeness (QED) is 0.309. The van der Waals surface area contributed by atoms with Crippen LogP contribution in [0.5, 0.6) is 0 Å². The molecule has 1 aliphatic carbocycles. The number of aromatic nitrogens is 2. The van der Waals surface area contributed by atoms with Crippen LogP contribution in [0.25, 0.3) is 0 Å². The summed E-state index contributed by atoms with van der Waals surface area (Å²) in [5.74, 6) is 0.640. The highest BCUT2D eigenvalue weighted by Gasteiger charge is 2.29. The molecule has 0 bridgehead atoms.